The van der Waals surface area contributed by atoms with Gasteiger partial charge in [-0.2, -0.15) is 0 Å². The molecule has 0 spiro atoms. The molecule has 0 bridgehead atoms. The van der Waals surface area contributed by atoms with Crippen molar-refractivity contribution in [2.75, 3.05) is 25.6 Å². The number of urea groups is 1. The van der Waals surface area contributed by atoms with Crippen LogP contribution in [0.2, 0.25) is 0 Å². The van der Waals surface area contributed by atoms with Gasteiger partial charge in [-0.15, -0.1) is 0 Å². The van der Waals surface area contributed by atoms with Crippen LogP contribution in [0.3, 0.4) is 0 Å². The number of nitrogens with zero attached hydrogens (tertiary/aromatic N) is 5. The Morgan fingerprint density at radius 2 is 1.90 bits per heavy atom. The summed E-state index contributed by atoms with van der Waals surface area (Å²) in [5.74, 6) is -0.502. The number of carbonyl (C=O) groups excluding carboxylic acids is 3. The molecule has 1 saturated heterocycles. The smallest absolute Gasteiger partial charge is 0.328 e. The van der Waals surface area contributed by atoms with Gasteiger partial charge < -0.3 is 9.64 Å². The average molecular weight is 397 g/mol. The molecule has 3 aliphatic heterocycles. The van der Waals surface area contributed by atoms with Crippen LogP contribution in [-0.4, -0.2) is 71.5 Å². The Kier molecular flexibility index (Phi) is 4.33. The minimum atomic E-state index is -0.720. The number of rotatable bonds is 3. The van der Waals surface area contributed by atoms with Crippen LogP contribution in [0.15, 0.2) is 40.7 Å². The largest absolute Gasteiger partial charge is 0.468 e. The van der Waals surface area contributed by atoms with E-state index in [1.165, 1.54) is 12.0 Å². The first-order valence-electron chi connectivity index (χ1n) is 9.32. The maximum atomic E-state index is 13.2. The van der Waals surface area contributed by atoms with Gasteiger partial charge >= 0.3 is 12.0 Å². The average Bonchev–Trinajstić information content (AvgIpc) is 3.19. The van der Waals surface area contributed by atoms with Gasteiger partial charge in [0.15, 0.2) is 12.2 Å². The Hall–Kier alpha value is -3.36. The van der Waals surface area contributed by atoms with Gasteiger partial charge in [0.1, 0.15) is 6.54 Å². The molecular formula is C20H23N5O4. The van der Waals surface area contributed by atoms with Gasteiger partial charge in [0.25, 0.3) is 5.91 Å². The number of fused-ring (bicyclic) bond motifs is 3. The van der Waals surface area contributed by atoms with Gasteiger partial charge in [-0.05, 0) is 38.5 Å². The molecule has 0 N–H and O–H groups in total. The molecule has 2 atom stereocenters. The fraction of sp³-hybridized carbons (Fsp3) is 0.400. The fourth-order valence-corrected chi connectivity index (χ4v) is 4.03. The SMILES string of the molecule is COC(=O)CN1C(=O)C2C(N=C3N(c4cccc(C)c4)C(C)=C(C)N32)N(C)C1=O. The molecule has 0 radical (unpaired) electrons. The molecule has 1 aromatic rings. The summed E-state index contributed by atoms with van der Waals surface area (Å²) in [7, 11) is 2.81. The molecule has 3 heterocycles. The summed E-state index contributed by atoms with van der Waals surface area (Å²) < 4.78 is 4.64. The summed E-state index contributed by atoms with van der Waals surface area (Å²) in [4.78, 5) is 48.6. The number of imide groups is 1. The van der Waals surface area contributed by atoms with Crippen molar-refractivity contribution < 1.29 is 19.1 Å². The molecule has 2 unspecified atom stereocenters. The second-order valence-electron chi connectivity index (χ2n) is 7.40. The fourth-order valence-electron chi connectivity index (χ4n) is 4.03. The van der Waals surface area contributed by atoms with Crippen molar-refractivity contribution in [3.8, 4) is 0 Å². The van der Waals surface area contributed by atoms with Crippen molar-refractivity contribution in [1.29, 1.82) is 0 Å². The van der Waals surface area contributed by atoms with Gasteiger partial charge in [-0.25, -0.2) is 9.79 Å². The van der Waals surface area contributed by atoms with Crippen LogP contribution in [0, 0.1) is 6.92 Å². The number of hydrogen-bond acceptors (Lipinski definition) is 7. The van der Waals surface area contributed by atoms with E-state index < -0.39 is 36.7 Å². The number of allylic oxidation sites excluding steroid dienone is 2. The van der Waals surface area contributed by atoms with E-state index in [9.17, 15) is 14.4 Å². The number of ether oxygens (including phenoxy) is 1. The van der Waals surface area contributed by atoms with E-state index in [4.69, 9.17) is 4.99 Å². The number of methoxy groups -OCH3 is 1. The summed E-state index contributed by atoms with van der Waals surface area (Å²) in [6.45, 7) is 5.49. The van der Waals surface area contributed by atoms with Gasteiger partial charge in [0.2, 0.25) is 5.96 Å². The summed E-state index contributed by atoms with van der Waals surface area (Å²) in [5, 5.41) is 0. The zero-order valence-corrected chi connectivity index (χ0v) is 17.0. The van der Waals surface area contributed by atoms with Crippen molar-refractivity contribution in [1.82, 2.24) is 14.7 Å². The molecule has 9 nitrogen and oxygen atoms in total. The highest BCUT2D eigenvalue weighted by atomic mass is 16.5. The number of amides is 3. The molecule has 9 heteroatoms. The lowest BCUT2D eigenvalue weighted by atomic mass is 10.1. The Bertz CT molecular complexity index is 985. The molecule has 4 rings (SSSR count). The lowest BCUT2D eigenvalue weighted by Crippen LogP contribution is -2.65. The molecular weight excluding hydrogens is 374 g/mol. The third-order valence-corrected chi connectivity index (χ3v) is 5.67. The maximum absolute atomic E-state index is 13.2. The van der Waals surface area contributed by atoms with E-state index in [0.29, 0.717) is 5.96 Å². The maximum Gasteiger partial charge on any atom is 0.328 e. The number of guanidine groups is 1. The number of aliphatic imine (C=N–C) groups is 1. The monoisotopic (exact) mass is 397 g/mol. The Morgan fingerprint density at radius 3 is 2.55 bits per heavy atom. The number of aryl methyl sites for hydroxylation is 1. The van der Waals surface area contributed by atoms with E-state index in [2.05, 4.69) is 4.74 Å². The normalized spacial score (nSPS) is 23.6. The first kappa shape index (κ1) is 19.0. The molecule has 0 aliphatic carbocycles. The molecule has 1 aromatic carbocycles. The molecule has 152 valence electrons. The molecule has 3 aliphatic rings. The summed E-state index contributed by atoms with van der Waals surface area (Å²) in [5.41, 5.74) is 3.89. The van der Waals surface area contributed by atoms with E-state index in [0.717, 1.165) is 27.5 Å². The van der Waals surface area contributed by atoms with Crippen LogP contribution in [-0.2, 0) is 14.3 Å². The zero-order valence-electron chi connectivity index (χ0n) is 17.0. The Labute approximate surface area is 168 Å². The molecule has 29 heavy (non-hydrogen) atoms. The number of carbonyl (C=O) groups is 3. The van der Waals surface area contributed by atoms with Crippen LogP contribution >= 0.6 is 0 Å². The first-order chi connectivity index (χ1) is 13.8. The van der Waals surface area contributed by atoms with Crippen molar-refractivity contribution in [3.05, 3.63) is 41.2 Å². The number of hydrogen-bond donors (Lipinski definition) is 0. The highest BCUT2D eigenvalue weighted by Crippen LogP contribution is 2.40. The van der Waals surface area contributed by atoms with Crippen LogP contribution in [0.1, 0.15) is 19.4 Å². The molecule has 0 aromatic heterocycles. The quantitative estimate of drug-likeness (QED) is 0.719. The zero-order chi connectivity index (χ0) is 21.0. The molecule has 3 amide bonds. The van der Waals surface area contributed by atoms with Crippen molar-refractivity contribution >= 4 is 29.6 Å². The predicted molar refractivity (Wildman–Crippen MR) is 106 cm³/mol. The van der Waals surface area contributed by atoms with Crippen LogP contribution in [0.5, 0.6) is 0 Å². The third-order valence-electron chi connectivity index (χ3n) is 5.67. The van der Waals surface area contributed by atoms with Gasteiger partial charge in [0.05, 0.1) is 7.11 Å². The van der Waals surface area contributed by atoms with Crippen LogP contribution < -0.4 is 4.90 Å². The van der Waals surface area contributed by atoms with E-state index in [1.807, 2.05) is 54.8 Å². The Morgan fingerprint density at radius 1 is 1.17 bits per heavy atom. The lowest BCUT2D eigenvalue weighted by Gasteiger charge is -2.40. The summed E-state index contributed by atoms with van der Waals surface area (Å²) in [6.07, 6.45) is -0.658. The van der Waals surface area contributed by atoms with Gasteiger partial charge in [-0.3, -0.25) is 24.3 Å². The second kappa shape index (κ2) is 6.61. The first-order valence-corrected chi connectivity index (χ1v) is 9.32. The number of benzene rings is 1. The van der Waals surface area contributed by atoms with E-state index >= 15 is 0 Å². The van der Waals surface area contributed by atoms with E-state index in [-0.39, 0.29) is 0 Å². The third kappa shape index (κ3) is 2.68. The summed E-state index contributed by atoms with van der Waals surface area (Å²) >= 11 is 0. The number of anilines is 1. The minimum absolute atomic E-state index is 0.422. The van der Waals surface area contributed by atoms with Crippen LogP contribution in [0.25, 0.3) is 0 Å². The molecule has 0 saturated carbocycles. The van der Waals surface area contributed by atoms with Crippen molar-refractivity contribution in [2.45, 2.75) is 33.0 Å². The molecule has 1 fully saturated rings. The number of esters is 1. The second-order valence-corrected chi connectivity index (χ2v) is 7.40. The van der Waals surface area contributed by atoms with Crippen molar-refractivity contribution in [2.24, 2.45) is 4.99 Å². The lowest BCUT2D eigenvalue weighted by molar-refractivity contribution is -0.148. The predicted octanol–water partition coefficient (Wildman–Crippen LogP) is 1.50. The van der Waals surface area contributed by atoms with E-state index in [1.54, 1.807) is 7.05 Å². The Balaban J connectivity index is 1.75. The van der Waals surface area contributed by atoms with Crippen LogP contribution in [0.4, 0.5) is 10.5 Å². The van der Waals surface area contributed by atoms with Gasteiger partial charge in [-0.1, -0.05) is 12.1 Å². The highest BCUT2D eigenvalue weighted by Gasteiger charge is 2.56. The standard InChI is InChI=1S/C20H23N5O4/c1-11-7-6-8-14(9-11)24-12(2)13(3)25-16-17(21-19(24)25)22(4)20(28)23(18(16)27)10-15(26)29-5/h6-9,16-17H,10H2,1-5H3. The summed E-state index contributed by atoms with van der Waals surface area (Å²) in [6, 6.07) is 6.73. The highest BCUT2D eigenvalue weighted by molar-refractivity contribution is 6.11. The minimum Gasteiger partial charge on any atom is -0.468 e. The van der Waals surface area contributed by atoms with Gasteiger partial charge in [0, 0.05) is 24.1 Å². The van der Waals surface area contributed by atoms with Crippen molar-refractivity contribution in [3.63, 3.8) is 0 Å². The topological polar surface area (TPSA) is 85.8 Å². The number of likely N-dealkylation sites (N-methyl/N-ethyl adjacent to an activating group) is 1.